The fraction of sp³-hybridized carbons (Fsp3) is 0.161. The molecule has 548 valence electrons. The summed E-state index contributed by atoms with van der Waals surface area (Å²) in [6.07, 6.45) is 37.5. The van der Waals surface area contributed by atoms with Gasteiger partial charge in [-0.05, 0) is 140 Å². The molecule has 0 radical (unpaired) electrons. The number of esters is 1. The highest BCUT2D eigenvalue weighted by molar-refractivity contribution is 5.89. The summed E-state index contributed by atoms with van der Waals surface area (Å²) in [6.45, 7) is 7.76. The molecule has 108 heavy (non-hydrogen) atoms. The number of urea groups is 1. The summed E-state index contributed by atoms with van der Waals surface area (Å²) in [6, 6.07) is 72.1. The molecular formula is C87H88N14O7. The first-order valence-electron chi connectivity index (χ1n) is 35.1. The Morgan fingerprint density at radius 2 is 0.546 bits per heavy atom. The van der Waals surface area contributed by atoms with E-state index in [0.717, 1.165) is 90.5 Å². The van der Waals surface area contributed by atoms with Crippen LogP contribution < -0.4 is 15.4 Å². The number of nitrogens with zero attached hydrogens (tertiary/aromatic N) is 12. The number of nitrogens with one attached hydrogen (secondary N) is 2. The topological polar surface area (TPSA) is 203 Å². The van der Waals surface area contributed by atoms with Crippen molar-refractivity contribution in [3.8, 4) is 5.75 Å². The zero-order chi connectivity index (χ0) is 73.3. The Kier molecular flexibility index (Phi) is 28.2. The standard InChI is InChI=1S/C24H25N5O.C24H23N3O3.C23H21N3O2.C15H15N3O.CH4/c30-24(26-15-20-3-7-22(8-4-20)17-28-12-1-2-13-28)27-16-21-5-9-23(10-6-21)18-29-14-11-25-19-29;28-24(29-17-22-7-3-20(4-8-22)15-26-12-1-2-13-26)30-18-23-9-5-21(6-10-23)16-27-14-11-25-19-27;27-23(22-9-7-20(8-10-22)16-26-14-11-24-18-26)28-17-21-5-3-19(4-6-21)15-25-12-1-2-13-25;1-2-9-17(8-1)13-19-15-5-3-14(4-6-15)11-18-10-7-16-12-18;/h1-14,19H,15-18H2,(H2,26,27,30);1-14,19H,15-18H2;1-14,18H,15-17H2;1-10,12H,11,13H2;1H4. The molecule has 7 aromatic carbocycles. The van der Waals surface area contributed by atoms with Crippen molar-refractivity contribution in [3.05, 3.63) is 415 Å². The molecule has 15 aromatic rings. The van der Waals surface area contributed by atoms with Crippen LogP contribution in [0.4, 0.5) is 9.59 Å². The molecule has 0 atom stereocenters. The highest BCUT2D eigenvalue weighted by Crippen LogP contribution is 2.18. The molecule has 0 aliphatic carbocycles. The van der Waals surface area contributed by atoms with Crippen molar-refractivity contribution in [2.24, 2.45) is 0 Å². The first kappa shape index (κ1) is 75.5. The van der Waals surface area contributed by atoms with Gasteiger partial charge in [-0.2, -0.15) is 0 Å². The lowest BCUT2D eigenvalue weighted by molar-refractivity contribution is 0.0444. The molecule has 15 rings (SSSR count). The van der Waals surface area contributed by atoms with Gasteiger partial charge in [0.15, 0.2) is 6.73 Å². The number of hydrogen-bond acceptors (Lipinski definition) is 11. The normalized spacial score (nSPS) is 10.6. The maximum absolute atomic E-state index is 12.3. The van der Waals surface area contributed by atoms with Crippen molar-refractivity contribution in [1.82, 2.24) is 67.1 Å². The van der Waals surface area contributed by atoms with E-state index in [1.165, 1.54) is 27.8 Å². The maximum atomic E-state index is 12.3. The molecule has 0 aliphatic heterocycles. The highest BCUT2D eigenvalue weighted by Gasteiger charge is 2.11. The van der Waals surface area contributed by atoms with E-state index < -0.39 is 6.16 Å². The molecule has 2 N–H and O–H groups in total. The number of aromatic nitrogens is 12. The van der Waals surface area contributed by atoms with Gasteiger partial charge in [-0.15, -0.1) is 0 Å². The molecular weight excluding hydrogens is 1350 g/mol. The fourth-order valence-corrected chi connectivity index (χ4v) is 11.2. The molecule has 0 spiro atoms. The number of rotatable bonds is 28. The molecule has 0 saturated carbocycles. The molecule has 0 saturated heterocycles. The quantitative estimate of drug-likeness (QED) is 0.0442. The lowest BCUT2D eigenvalue weighted by Crippen LogP contribution is -2.34. The van der Waals surface area contributed by atoms with Crippen LogP contribution in [-0.2, 0) is 99.7 Å². The molecule has 0 aliphatic rings. The van der Waals surface area contributed by atoms with E-state index in [9.17, 15) is 14.4 Å². The van der Waals surface area contributed by atoms with Gasteiger partial charge in [-0.3, -0.25) is 0 Å². The van der Waals surface area contributed by atoms with Crippen molar-refractivity contribution >= 4 is 18.2 Å². The molecule has 2 amide bonds. The van der Waals surface area contributed by atoms with Crippen LogP contribution in [0.25, 0.3) is 0 Å². The predicted molar refractivity (Wildman–Crippen MR) is 416 cm³/mol. The first-order chi connectivity index (χ1) is 52.6. The minimum absolute atomic E-state index is 0. The molecule has 8 heterocycles. The number of hydrogen-bond donors (Lipinski definition) is 2. The minimum atomic E-state index is -0.672. The summed E-state index contributed by atoms with van der Waals surface area (Å²) in [7, 11) is 0. The number of carbonyl (C=O) groups excluding carboxylic acids is 3. The van der Waals surface area contributed by atoms with E-state index in [0.29, 0.717) is 25.4 Å². The fourth-order valence-electron chi connectivity index (χ4n) is 11.2. The third kappa shape index (κ3) is 25.3. The molecule has 0 bridgehead atoms. The zero-order valence-electron chi connectivity index (χ0n) is 59.2. The van der Waals surface area contributed by atoms with Crippen molar-refractivity contribution in [2.75, 3.05) is 0 Å². The monoisotopic (exact) mass is 1440 g/mol. The van der Waals surface area contributed by atoms with Gasteiger partial charge in [0.05, 0.1) is 30.9 Å². The Morgan fingerprint density at radius 3 is 0.852 bits per heavy atom. The van der Waals surface area contributed by atoms with E-state index >= 15 is 0 Å². The first-order valence-corrected chi connectivity index (χ1v) is 35.1. The predicted octanol–water partition coefficient (Wildman–Crippen LogP) is 16.0. The summed E-state index contributed by atoms with van der Waals surface area (Å²) in [4.78, 5) is 52.4. The van der Waals surface area contributed by atoms with Crippen LogP contribution in [0.5, 0.6) is 5.75 Å². The number of imidazole rings is 4. The average Bonchev–Trinajstić information content (AvgIpc) is 1.68. The van der Waals surface area contributed by atoms with Gasteiger partial charge in [-0.25, -0.2) is 34.3 Å². The molecule has 21 heteroatoms. The van der Waals surface area contributed by atoms with Gasteiger partial charge in [0.25, 0.3) is 0 Å². The van der Waals surface area contributed by atoms with Crippen molar-refractivity contribution in [3.63, 3.8) is 0 Å². The smallest absolute Gasteiger partial charge is 0.473 e. The maximum Gasteiger partial charge on any atom is 0.508 e. The van der Waals surface area contributed by atoms with Crippen LogP contribution in [0.2, 0.25) is 0 Å². The van der Waals surface area contributed by atoms with E-state index in [-0.39, 0.29) is 39.2 Å². The van der Waals surface area contributed by atoms with E-state index in [1.807, 2.05) is 249 Å². The van der Waals surface area contributed by atoms with Gasteiger partial charge >= 0.3 is 18.2 Å². The second-order valence-electron chi connectivity index (χ2n) is 25.3. The van der Waals surface area contributed by atoms with Crippen LogP contribution in [0.1, 0.15) is 84.5 Å². The number of carbonyl (C=O) groups is 3. The van der Waals surface area contributed by atoms with Crippen LogP contribution >= 0.6 is 0 Å². The Hall–Kier alpha value is -13.7. The highest BCUT2D eigenvalue weighted by atomic mass is 16.7. The Bertz CT molecular complexity index is 4590. The van der Waals surface area contributed by atoms with E-state index in [4.69, 9.17) is 18.9 Å². The van der Waals surface area contributed by atoms with E-state index in [1.54, 1.807) is 55.9 Å². The molecule has 0 fully saturated rings. The summed E-state index contributed by atoms with van der Waals surface area (Å²) in [5.41, 5.74) is 13.8. The second kappa shape index (κ2) is 40.4. The lowest BCUT2D eigenvalue weighted by Gasteiger charge is -2.09. The SMILES string of the molecule is C.O=C(NCc1ccc(Cn2cccc2)cc1)NCc1ccc(Cn2ccnc2)cc1.O=C(OCc1ccc(Cn2cccc2)cc1)OCc1ccc(Cn2ccnc2)cc1.O=C(OCc1ccc(Cn2cccc2)cc1)c1ccc(Cn2ccnc2)cc1.c1ccn(COc2ccc(Cn3ccnc3)cc2)c1. The Balaban J connectivity index is 0.000000145. The summed E-state index contributed by atoms with van der Waals surface area (Å²) in [5.74, 6) is 0.564. The largest absolute Gasteiger partial charge is 0.508 e. The summed E-state index contributed by atoms with van der Waals surface area (Å²) < 4.78 is 37.9. The van der Waals surface area contributed by atoms with Crippen LogP contribution in [-0.4, -0.2) is 74.6 Å². The number of ether oxygens (including phenoxy) is 4. The zero-order valence-corrected chi connectivity index (χ0v) is 59.2. The van der Waals surface area contributed by atoms with Crippen LogP contribution in [0.3, 0.4) is 0 Å². The van der Waals surface area contributed by atoms with Gasteiger partial charge in [-0.1, -0.05) is 153 Å². The number of benzene rings is 7. The van der Waals surface area contributed by atoms with E-state index in [2.05, 4.69) is 105 Å². The van der Waals surface area contributed by atoms with Crippen LogP contribution in [0.15, 0.2) is 343 Å². The summed E-state index contributed by atoms with van der Waals surface area (Å²) in [5, 5.41) is 5.82. The van der Waals surface area contributed by atoms with Crippen LogP contribution in [0, 0.1) is 0 Å². The van der Waals surface area contributed by atoms with Crippen molar-refractivity contribution < 1.29 is 33.3 Å². The van der Waals surface area contributed by atoms with Crippen molar-refractivity contribution in [2.45, 2.75) is 92.9 Å². The Morgan fingerprint density at radius 1 is 0.287 bits per heavy atom. The van der Waals surface area contributed by atoms with Gasteiger partial charge in [0.2, 0.25) is 0 Å². The Labute approximate surface area is 629 Å². The summed E-state index contributed by atoms with van der Waals surface area (Å²) >= 11 is 0. The average molecular weight is 1440 g/mol. The third-order valence-electron chi connectivity index (χ3n) is 17.1. The van der Waals surface area contributed by atoms with Gasteiger partial charge in [0, 0.05) is 158 Å². The third-order valence-corrected chi connectivity index (χ3v) is 17.1. The van der Waals surface area contributed by atoms with Gasteiger partial charge < -0.3 is 66.1 Å². The number of amides is 2. The molecule has 21 nitrogen and oxygen atoms in total. The molecule has 0 unspecified atom stereocenters. The molecule has 8 aromatic heterocycles. The lowest BCUT2D eigenvalue weighted by atomic mass is 10.1. The van der Waals surface area contributed by atoms with Gasteiger partial charge in [0.1, 0.15) is 25.6 Å². The second-order valence-corrected chi connectivity index (χ2v) is 25.3. The van der Waals surface area contributed by atoms with Crippen molar-refractivity contribution in [1.29, 1.82) is 0 Å². The minimum Gasteiger partial charge on any atom is -0.473 e.